The average Bonchev–Trinajstić information content (AvgIpc) is 2.68. The molecule has 2 heteroatoms. The van der Waals surface area contributed by atoms with Crippen molar-refractivity contribution in [3.8, 4) is 0 Å². The molecule has 0 amide bonds. The highest BCUT2D eigenvalue weighted by atomic mass is 16.5. The molecule has 1 atom stereocenters. The lowest BCUT2D eigenvalue weighted by atomic mass is 10.2. The SMILES string of the molecule is CC.CCCCOC1CCN(CC(C)C)C1. The third-order valence-electron chi connectivity index (χ3n) is 2.70. The van der Waals surface area contributed by atoms with E-state index in [1.165, 1.54) is 32.4 Å². The van der Waals surface area contributed by atoms with Gasteiger partial charge in [0.1, 0.15) is 0 Å². The predicted molar refractivity (Wildman–Crippen MR) is 71.9 cm³/mol. The fraction of sp³-hybridized carbons (Fsp3) is 1.00. The minimum atomic E-state index is 0.514. The molecular formula is C14H31NO. The number of nitrogens with zero attached hydrogens (tertiary/aromatic N) is 1. The summed E-state index contributed by atoms with van der Waals surface area (Å²) in [6.45, 7) is 15.3. The van der Waals surface area contributed by atoms with Crippen LogP contribution in [0.25, 0.3) is 0 Å². The lowest BCUT2D eigenvalue weighted by molar-refractivity contribution is 0.0564. The summed E-state index contributed by atoms with van der Waals surface area (Å²) in [6, 6.07) is 0. The Labute approximate surface area is 102 Å². The van der Waals surface area contributed by atoms with Crippen molar-refractivity contribution in [1.82, 2.24) is 4.90 Å². The molecule has 0 radical (unpaired) electrons. The van der Waals surface area contributed by atoms with E-state index in [1.54, 1.807) is 0 Å². The van der Waals surface area contributed by atoms with Crippen molar-refractivity contribution in [2.45, 2.75) is 60.0 Å². The van der Waals surface area contributed by atoms with Gasteiger partial charge < -0.3 is 9.64 Å². The first kappa shape index (κ1) is 15.9. The zero-order chi connectivity index (χ0) is 12.4. The minimum Gasteiger partial charge on any atom is -0.377 e. The van der Waals surface area contributed by atoms with E-state index in [9.17, 15) is 0 Å². The maximum Gasteiger partial charge on any atom is 0.0714 e. The Kier molecular flexibility index (Phi) is 10.0. The second-order valence-electron chi connectivity index (χ2n) is 4.79. The van der Waals surface area contributed by atoms with Crippen LogP contribution < -0.4 is 0 Å². The molecule has 0 aromatic carbocycles. The number of hydrogen-bond acceptors (Lipinski definition) is 2. The van der Waals surface area contributed by atoms with E-state index < -0.39 is 0 Å². The van der Waals surface area contributed by atoms with E-state index >= 15 is 0 Å². The number of ether oxygens (including phenoxy) is 1. The molecule has 1 rings (SSSR count). The Hall–Kier alpha value is -0.0800. The van der Waals surface area contributed by atoms with Gasteiger partial charge in [0, 0.05) is 26.2 Å². The molecule has 0 bridgehead atoms. The third kappa shape index (κ3) is 7.24. The van der Waals surface area contributed by atoms with E-state index in [4.69, 9.17) is 4.74 Å². The van der Waals surface area contributed by atoms with Gasteiger partial charge in [0.25, 0.3) is 0 Å². The second-order valence-corrected chi connectivity index (χ2v) is 4.79. The normalized spacial score (nSPS) is 21.0. The average molecular weight is 229 g/mol. The smallest absolute Gasteiger partial charge is 0.0714 e. The highest BCUT2D eigenvalue weighted by Crippen LogP contribution is 2.14. The fourth-order valence-corrected chi connectivity index (χ4v) is 2.01. The highest BCUT2D eigenvalue weighted by Gasteiger charge is 2.22. The van der Waals surface area contributed by atoms with Gasteiger partial charge >= 0.3 is 0 Å². The molecular weight excluding hydrogens is 198 g/mol. The maximum atomic E-state index is 5.81. The van der Waals surface area contributed by atoms with Crippen molar-refractivity contribution in [2.75, 3.05) is 26.2 Å². The molecule has 2 nitrogen and oxygen atoms in total. The molecule has 0 spiro atoms. The molecule has 1 saturated heterocycles. The van der Waals surface area contributed by atoms with E-state index in [2.05, 4.69) is 25.7 Å². The molecule has 0 aliphatic carbocycles. The van der Waals surface area contributed by atoms with Crippen LogP contribution >= 0.6 is 0 Å². The van der Waals surface area contributed by atoms with Crippen molar-refractivity contribution >= 4 is 0 Å². The zero-order valence-corrected chi connectivity index (χ0v) is 12.0. The lowest BCUT2D eigenvalue weighted by Gasteiger charge is -2.18. The van der Waals surface area contributed by atoms with Crippen LogP contribution in [0.1, 0.15) is 53.9 Å². The first-order valence-electron chi connectivity index (χ1n) is 7.06. The molecule has 1 fully saturated rings. The van der Waals surface area contributed by atoms with Crippen molar-refractivity contribution in [1.29, 1.82) is 0 Å². The first-order valence-corrected chi connectivity index (χ1v) is 7.06. The summed E-state index contributed by atoms with van der Waals surface area (Å²) in [7, 11) is 0. The topological polar surface area (TPSA) is 12.5 Å². The number of unbranched alkanes of at least 4 members (excludes halogenated alkanes) is 1. The van der Waals surface area contributed by atoms with Crippen LogP contribution in [0.3, 0.4) is 0 Å². The molecule has 1 aliphatic heterocycles. The molecule has 1 unspecified atom stereocenters. The van der Waals surface area contributed by atoms with Crippen LogP contribution in [0.4, 0.5) is 0 Å². The molecule has 0 aromatic heterocycles. The van der Waals surface area contributed by atoms with Gasteiger partial charge in [-0.25, -0.2) is 0 Å². The summed E-state index contributed by atoms with van der Waals surface area (Å²) in [5, 5.41) is 0. The Morgan fingerprint density at radius 2 is 2.00 bits per heavy atom. The van der Waals surface area contributed by atoms with Crippen LogP contribution in [0.5, 0.6) is 0 Å². The van der Waals surface area contributed by atoms with Gasteiger partial charge in [0.05, 0.1) is 6.10 Å². The first-order chi connectivity index (χ1) is 7.72. The Morgan fingerprint density at radius 3 is 2.56 bits per heavy atom. The number of rotatable bonds is 6. The van der Waals surface area contributed by atoms with Crippen molar-refractivity contribution < 1.29 is 4.74 Å². The lowest BCUT2D eigenvalue weighted by Crippen LogP contribution is -2.27. The zero-order valence-electron chi connectivity index (χ0n) is 12.0. The van der Waals surface area contributed by atoms with Crippen LogP contribution in [-0.4, -0.2) is 37.2 Å². The molecule has 0 aromatic rings. The Balaban J connectivity index is 0.00000106. The largest absolute Gasteiger partial charge is 0.377 e. The van der Waals surface area contributed by atoms with Gasteiger partial charge in [-0.2, -0.15) is 0 Å². The quantitative estimate of drug-likeness (QED) is 0.646. The summed E-state index contributed by atoms with van der Waals surface area (Å²) in [6.07, 6.45) is 4.19. The van der Waals surface area contributed by atoms with Gasteiger partial charge in [-0.15, -0.1) is 0 Å². The Bertz CT molecular complexity index is 148. The van der Waals surface area contributed by atoms with E-state index in [0.29, 0.717) is 6.10 Å². The molecule has 98 valence electrons. The monoisotopic (exact) mass is 229 g/mol. The molecule has 16 heavy (non-hydrogen) atoms. The summed E-state index contributed by atoms with van der Waals surface area (Å²) in [4.78, 5) is 2.53. The number of likely N-dealkylation sites (tertiary alicyclic amines) is 1. The molecule has 0 saturated carbocycles. The van der Waals surface area contributed by atoms with Gasteiger partial charge in [-0.3, -0.25) is 0 Å². The maximum absolute atomic E-state index is 5.81. The van der Waals surface area contributed by atoms with Gasteiger partial charge in [-0.05, 0) is 18.8 Å². The van der Waals surface area contributed by atoms with Crippen LogP contribution in [0.2, 0.25) is 0 Å². The number of hydrogen-bond donors (Lipinski definition) is 0. The van der Waals surface area contributed by atoms with Gasteiger partial charge in [0.2, 0.25) is 0 Å². The molecule has 1 heterocycles. The predicted octanol–water partition coefficient (Wildman–Crippen LogP) is 3.56. The Morgan fingerprint density at radius 1 is 1.31 bits per heavy atom. The summed E-state index contributed by atoms with van der Waals surface area (Å²) >= 11 is 0. The van der Waals surface area contributed by atoms with Crippen molar-refractivity contribution in [3.05, 3.63) is 0 Å². The van der Waals surface area contributed by atoms with Crippen LogP contribution in [0, 0.1) is 5.92 Å². The standard InChI is InChI=1S/C12H25NO.C2H6/c1-4-5-8-14-12-6-7-13(10-12)9-11(2)3;1-2/h11-12H,4-10H2,1-3H3;1-2H3. The highest BCUT2D eigenvalue weighted by molar-refractivity contribution is 4.76. The van der Waals surface area contributed by atoms with Crippen LogP contribution in [0.15, 0.2) is 0 Å². The summed E-state index contributed by atoms with van der Waals surface area (Å²) in [5.74, 6) is 0.782. The van der Waals surface area contributed by atoms with Crippen LogP contribution in [-0.2, 0) is 4.74 Å². The van der Waals surface area contributed by atoms with Gasteiger partial charge in [0.15, 0.2) is 0 Å². The van der Waals surface area contributed by atoms with E-state index in [-0.39, 0.29) is 0 Å². The van der Waals surface area contributed by atoms with E-state index in [0.717, 1.165) is 19.1 Å². The van der Waals surface area contributed by atoms with E-state index in [1.807, 2.05) is 13.8 Å². The third-order valence-corrected chi connectivity index (χ3v) is 2.70. The van der Waals surface area contributed by atoms with Crippen molar-refractivity contribution in [3.63, 3.8) is 0 Å². The van der Waals surface area contributed by atoms with Crippen molar-refractivity contribution in [2.24, 2.45) is 5.92 Å². The summed E-state index contributed by atoms with van der Waals surface area (Å²) < 4.78 is 5.81. The molecule has 0 N–H and O–H groups in total. The second kappa shape index (κ2) is 10.1. The van der Waals surface area contributed by atoms with Gasteiger partial charge in [-0.1, -0.05) is 41.0 Å². The molecule has 1 aliphatic rings. The fourth-order valence-electron chi connectivity index (χ4n) is 2.01. The summed E-state index contributed by atoms with van der Waals surface area (Å²) in [5.41, 5.74) is 0. The minimum absolute atomic E-state index is 0.514.